The van der Waals surface area contributed by atoms with Gasteiger partial charge in [-0.3, -0.25) is 0 Å². The van der Waals surface area contributed by atoms with Gasteiger partial charge in [0.05, 0.1) is 5.02 Å². The summed E-state index contributed by atoms with van der Waals surface area (Å²) in [7, 11) is 0. The third-order valence-corrected chi connectivity index (χ3v) is 4.50. The van der Waals surface area contributed by atoms with Gasteiger partial charge in [0.15, 0.2) is 5.11 Å². The van der Waals surface area contributed by atoms with Crippen molar-refractivity contribution in [1.82, 2.24) is 5.32 Å². The summed E-state index contributed by atoms with van der Waals surface area (Å²) in [6, 6.07) is 19.2. The molecule has 0 saturated heterocycles. The van der Waals surface area contributed by atoms with Gasteiger partial charge in [-0.15, -0.1) is 0 Å². The Kier molecular flexibility index (Phi) is 5.84. The van der Waals surface area contributed by atoms with Crippen molar-refractivity contribution in [1.29, 1.82) is 0 Å². The summed E-state index contributed by atoms with van der Waals surface area (Å²) in [6.07, 6.45) is 1.93. The Hall–Kier alpha value is -2.17. The molecule has 0 unspecified atom stereocenters. The van der Waals surface area contributed by atoms with Crippen LogP contribution in [0.3, 0.4) is 0 Å². The average molecular weight is 373 g/mol. The Labute approximate surface area is 157 Å². The summed E-state index contributed by atoms with van der Waals surface area (Å²) < 4.78 is 13.1. The van der Waals surface area contributed by atoms with E-state index in [4.69, 9.17) is 23.8 Å². The molecule has 2 nitrogen and oxygen atoms in total. The standard InChI is InChI=1S/C20H18ClFN2S/c21-18-13-16(10-11-19(18)22)24-20(25)23-12-4-8-15-7-3-6-14-5-1-2-9-17(14)15/h1-3,5-7,9-11,13H,4,8,12H2,(H2,23,24,25). The SMILES string of the molecule is Fc1ccc(NC(=S)NCCCc2cccc3ccccc23)cc1Cl. The number of thiocarbonyl (C=S) groups is 1. The van der Waals surface area contributed by atoms with E-state index in [2.05, 4.69) is 53.1 Å². The zero-order chi connectivity index (χ0) is 17.6. The molecule has 2 N–H and O–H groups in total. The van der Waals surface area contributed by atoms with Crippen LogP contribution >= 0.6 is 23.8 Å². The fraction of sp³-hybridized carbons (Fsp3) is 0.150. The van der Waals surface area contributed by atoms with E-state index in [9.17, 15) is 4.39 Å². The lowest BCUT2D eigenvalue weighted by molar-refractivity contribution is 0.628. The van der Waals surface area contributed by atoms with Crippen LogP contribution in [0.4, 0.5) is 10.1 Å². The van der Waals surface area contributed by atoms with E-state index in [1.807, 2.05) is 0 Å². The molecule has 3 aromatic rings. The van der Waals surface area contributed by atoms with E-state index in [0.29, 0.717) is 10.8 Å². The maximum absolute atomic E-state index is 13.1. The molecule has 3 aromatic carbocycles. The quantitative estimate of drug-likeness (QED) is 0.453. The highest BCUT2D eigenvalue weighted by Crippen LogP contribution is 2.20. The predicted molar refractivity (Wildman–Crippen MR) is 108 cm³/mol. The fourth-order valence-electron chi connectivity index (χ4n) is 2.74. The lowest BCUT2D eigenvalue weighted by Crippen LogP contribution is -2.29. The van der Waals surface area contributed by atoms with Crippen molar-refractivity contribution in [3.8, 4) is 0 Å². The first kappa shape index (κ1) is 17.6. The van der Waals surface area contributed by atoms with Gasteiger partial charge in [-0.1, -0.05) is 54.1 Å². The minimum Gasteiger partial charge on any atom is -0.362 e. The van der Waals surface area contributed by atoms with Crippen LogP contribution in [0, 0.1) is 5.82 Å². The van der Waals surface area contributed by atoms with E-state index in [1.54, 1.807) is 6.07 Å². The van der Waals surface area contributed by atoms with Crippen LogP contribution in [0.5, 0.6) is 0 Å². The predicted octanol–water partition coefficient (Wildman–Crippen LogP) is 5.55. The fourth-order valence-corrected chi connectivity index (χ4v) is 3.14. The van der Waals surface area contributed by atoms with E-state index < -0.39 is 5.82 Å². The zero-order valence-electron chi connectivity index (χ0n) is 13.6. The van der Waals surface area contributed by atoms with E-state index >= 15 is 0 Å². The van der Waals surface area contributed by atoms with E-state index in [1.165, 1.54) is 28.5 Å². The number of benzene rings is 3. The molecule has 0 amide bonds. The highest BCUT2D eigenvalue weighted by atomic mass is 35.5. The Morgan fingerprint density at radius 1 is 1.04 bits per heavy atom. The topological polar surface area (TPSA) is 24.1 Å². The summed E-state index contributed by atoms with van der Waals surface area (Å²) >= 11 is 11.0. The summed E-state index contributed by atoms with van der Waals surface area (Å²) in [6.45, 7) is 0.754. The molecule has 0 bridgehead atoms. The summed E-state index contributed by atoms with van der Waals surface area (Å²) in [5.41, 5.74) is 2.00. The van der Waals surface area contributed by atoms with Gasteiger partial charge < -0.3 is 10.6 Å². The second kappa shape index (κ2) is 8.28. The van der Waals surface area contributed by atoms with Gasteiger partial charge in [0.2, 0.25) is 0 Å². The van der Waals surface area contributed by atoms with Crippen LogP contribution in [0.25, 0.3) is 10.8 Å². The molecule has 0 fully saturated rings. The molecular formula is C20H18ClFN2S. The number of fused-ring (bicyclic) bond motifs is 1. The highest BCUT2D eigenvalue weighted by Gasteiger charge is 2.03. The summed E-state index contributed by atoms with van der Waals surface area (Å²) in [5, 5.41) is 9.31. The van der Waals surface area contributed by atoms with Gasteiger partial charge >= 0.3 is 0 Å². The number of hydrogen-bond acceptors (Lipinski definition) is 1. The molecule has 0 atom stereocenters. The Morgan fingerprint density at radius 2 is 1.84 bits per heavy atom. The van der Waals surface area contributed by atoms with Crippen molar-refractivity contribution in [2.75, 3.05) is 11.9 Å². The minimum absolute atomic E-state index is 0.0729. The third kappa shape index (κ3) is 4.68. The Bertz CT molecular complexity index is 893. The van der Waals surface area contributed by atoms with Crippen LogP contribution in [0.1, 0.15) is 12.0 Å². The number of nitrogens with one attached hydrogen (secondary N) is 2. The van der Waals surface area contributed by atoms with Gasteiger partial charge in [-0.05, 0) is 59.6 Å². The van der Waals surface area contributed by atoms with Crippen LogP contribution < -0.4 is 10.6 Å². The largest absolute Gasteiger partial charge is 0.362 e. The number of aryl methyl sites for hydroxylation is 1. The molecule has 0 aromatic heterocycles. The average Bonchev–Trinajstić information content (AvgIpc) is 2.62. The van der Waals surface area contributed by atoms with Gasteiger partial charge in [0, 0.05) is 12.2 Å². The lowest BCUT2D eigenvalue weighted by Gasteiger charge is -2.11. The normalized spacial score (nSPS) is 10.6. The number of rotatable bonds is 5. The second-order valence-corrected chi connectivity index (χ2v) is 6.57. The van der Waals surface area contributed by atoms with Crippen molar-refractivity contribution in [2.24, 2.45) is 0 Å². The van der Waals surface area contributed by atoms with Crippen molar-refractivity contribution in [2.45, 2.75) is 12.8 Å². The molecule has 0 aliphatic rings. The maximum Gasteiger partial charge on any atom is 0.170 e. The molecule has 3 rings (SSSR count). The molecule has 0 spiro atoms. The maximum atomic E-state index is 13.1. The molecule has 128 valence electrons. The molecule has 25 heavy (non-hydrogen) atoms. The van der Waals surface area contributed by atoms with Crippen molar-refractivity contribution >= 4 is 45.4 Å². The molecule has 5 heteroatoms. The zero-order valence-corrected chi connectivity index (χ0v) is 15.1. The van der Waals surface area contributed by atoms with Gasteiger partial charge in [0.25, 0.3) is 0 Å². The highest BCUT2D eigenvalue weighted by molar-refractivity contribution is 7.80. The molecule has 0 aliphatic heterocycles. The summed E-state index contributed by atoms with van der Waals surface area (Å²) in [4.78, 5) is 0. The third-order valence-electron chi connectivity index (χ3n) is 3.97. The lowest BCUT2D eigenvalue weighted by atomic mass is 10.0. The first-order valence-electron chi connectivity index (χ1n) is 8.10. The number of halogens is 2. The molecular weight excluding hydrogens is 355 g/mol. The van der Waals surface area contributed by atoms with Crippen molar-refractivity contribution < 1.29 is 4.39 Å². The first-order chi connectivity index (χ1) is 12.1. The van der Waals surface area contributed by atoms with Gasteiger partial charge in [0.1, 0.15) is 5.82 Å². The monoisotopic (exact) mass is 372 g/mol. The van der Waals surface area contributed by atoms with Crippen molar-refractivity contribution in [3.05, 3.63) is 77.1 Å². The van der Waals surface area contributed by atoms with Crippen molar-refractivity contribution in [3.63, 3.8) is 0 Å². The van der Waals surface area contributed by atoms with Crippen LogP contribution in [0.2, 0.25) is 5.02 Å². The number of hydrogen-bond donors (Lipinski definition) is 2. The Morgan fingerprint density at radius 3 is 2.68 bits per heavy atom. The van der Waals surface area contributed by atoms with Crippen LogP contribution in [-0.2, 0) is 6.42 Å². The molecule has 0 radical (unpaired) electrons. The first-order valence-corrected chi connectivity index (χ1v) is 8.88. The van der Waals surface area contributed by atoms with Crippen LogP contribution in [-0.4, -0.2) is 11.7 Å². The minimum atomic E-state index is -0.443. The molecule has 0 saturated carbocycles. The second-order valence-electron chi connectivity index (χ2n) is 5.75. The Balaban J connectivity index is 1.49. The van der Waals surface area contributed by atoms with E-state index in [0.717, 1.165) is 19.4 Å². The smallest absolute Gasteiger partial charge is 0.170 e. The molecule has 0 heterocycles. The summed E-state index contributed by atoms with van der Waals surface area (Å²) in [5.74, 6) is -0.443. The van der Waals surface area contributed by atoms with Gasteiger partial charge in [-0.25, -0.2) is 4.39 Å². The molecule has 0 aliphatic carbocycles. The van der Waals surface area contributed by atoms with Crippen LogP contribution in [0.15, 0.2) is 60.7 Å². The van der Waals surface area contributed by atoms with E-state index in [-0.39, 0.29) is 5.02 Å². The van der Waals surface area contributed by atoms with Gasteiger partial charge in [-0.2, -0.15) is 0 Å². The number of anilines is 1.